The summed E-state index contributed by atoms with van der Waals surface area (Å²) in [5, 5.41) is 21.5. The van der Waals surface area contributed by atoms with Gasteiger partial charge in [-0.2, -0.15) is 0 Å². The molecule has 1 aliphatic heterocycles. The standard InChI is InChI=1S/C30H23Cl2N5O3S2/c1-15-6-8-18(9-7-15)24-22(25(38)23-17(3)36-12-4-5-16(2)27(36)33-23)26(39)28(40)37(24)29-34-35-30(42-29)41-14-19-10-11-20(31)13-21(19)32/h4-13,24,38H,14H2,1-3H3. The molecule has 212 valence electrons. The van der Waals surface area contributed by atoms with E-state index in [1.807, 2.05) is 73.8 Å². The number of aryl methyl sites for hydroxylation is 3. The minimum Gasteiger partial charge on any atom is -0.505 e. The van der Waals surface area contributed by atoms with E-state index in [1.54, 1.807) is 12.1 Å². The van der Waals surface area contributed by atoms with Gasteiger partial charge in [0.05, 0.1) is 17.3 Å². The molecule has 2 aromatic carbocycles. The van der Waals surface area contributed by atoms with Crippen LogP contribution in [-0.4, -0.2) is 36.4 Å². The molecule has 8 nitrogen and oxygen atoms in total. The van der Waals surface area contributed by atoms with Crippen LogP contribution in [0.2, 0.25) is 10.0 Å². The van der Waals surface area contributed by atoms with Crippen molar-refractivity contribution in [3.8, 4) is 0 Å². The van der Waals surface area contributed by atoms with Crippen LogP contribution in [0.5, 0.6) is 0 Å². The van der Waals surface area contributed by atoms with Crippen molar-refractivity contribution in [2.45, 2.75) is 36.9 Å². The number of hydrogen-bond donors (Lipinski definition) is 1. The lowest BCUT2D eigenvalue weighted by Gasteiger charge is -2.22. The van der Waals surface area contributed by atoms with Crippen molar-refractivity contribution in [1.29, 1.82) is 0 Å². The SMILES string of the molecule is Cc1ccc(C2C(=C(O)c3nc4c(C)cccn4c3C)C(=O)C(=O)N2c2nnc(SCc3ccc(Cl)cc3Cl)s2)cc1. The summed E-state index contributed by atoms with van der Waals surface area (Å²) >= 11 is 14.9. The van der Waals surface area contributed by atoms with Gasteiger partial charge in [-0.05, 0) is 55.7 Å². The Kier molecular flexibility index (Phi) is 7.57. The van der Waals surface area contributed by atoms with Crippen molar-refractivity contribution in [3.05, 3.63) is 110 Å². The number of imidazole rings is 1. The molecule has 0 bridgehead atoms. The van der Waals surface area contributed by atoms with Crippen LogP contribution < -0.4 is 4.90 Å². The van der Waals surface area contributed by atoms with E-state index in [0.29, 0.717) is 37.0 Å². The number of benzene rings is 2. The van der Waals surface area contributed by atoms with Gasteiger partial charge < -0.3 is 9.51 Å². The van der Waals surface area contributed by atoms with Crippen LogP contribution in [0.1, 0.15) is 39.7 Å². The van der Waals surface area contributed by atoms with Crippen molar-refractivity contribution < 1.29 is 14.7 Å². The number of anilines is 1. The third-order valence-corrected chi connectivity index (χ3v) is 9.81. The Hall–Kier alpha value is -3.70. The zero-order valence-electron chi connectivity index (χ0n) is 22.6. The second kappa shape index (κ2) is 11.2. The van der Waals surface area contributed by atoms with Crippen LogP contribution >= 0.6 is 46.3 Å². The van der Waals surface area contributed by atoms with Crippen LogP contribution in [0.25, 0.3) is 11.4 Å². The topological polar surface area (TPSA) is 101 Å². The Balaban J connectivity index is 1.42. The first-order valence-electron chi connectivity index (χ1n) is 12.9. The molecule has 6 rings (SSSR count). The number of Topliss-reactive ketones (excluding diaryl/α,β-unsaturated/α-hetero) is 1. The fourth-order valence-corrected chi connectivity index (χ4v) is 7.33. The average molecular weight is 637 g/mol. The Labute approximate surface area is 259 Å². The van der Waals surface area contributed by atoms with Gasteiger partial charge in [0.15, 0.2) is 10.1 Å². The highest BCUT2D eigenvalue weighted by Crippen LogP contribution is 2.44. The molecule has 1 saturated heterocycles. The predicted molar refractivity (Wildman–Crippen MR) is 167 cm³/mol. The van der Waals surface area contributed by atoms with E-state index in [-0.39, 0.29) is 22.2 Å². The maximum atomic E-state index is 13.6. The number of aliphatic hydroxyl groups excluding tert-OH is 1. The van der Waals surface area contributed by atoms with Gasteiger partial charge in [0, 0.05) is 22.0 Å². The maximum absolute atomic E-state index is 13.6. The first-order valence-corrected chi connectivity index (χ1v) is 15.4. The van der Waals surface area contributed by atoms with Gasteiger partial charge in [-0.15, -0.1) is 10.2 Å². The minimum atomic E-state index is -0.924. The molecule has 0 radical (unpaired) electrons. The molecule has 1 unspecified atom stereocenters. The maximum Gasteiger partial charge on any atom is 0.301 e. The van der Waals surface area contributed by atoms with Crippen molar-refractivity contribution in [2.24, 2.45) is 0 Å². The molecule has 1 atom stereocenters. The highest BCUT2D eigenvalue weighted by Gasteiger charge is 2.48. The molecule has 0 saturated carbocycles. The van der Waals surface area contributed by atoms with Crippen molar-refractivity contribution in [1.82, 2.24) is 19.6 Å². The number of nitrogens with zero attached hydrogens (tertiary/aromatic N) is 5. The Morgan fingerprint density at radius 3 is 2.52 bits per heavy atom. The summed E-state index contributed by atoms with van der Waals surface area (Å²) < 4.78 is 2.44. The molecule has 1 N–H and O–H groups in total. The summed E-state index contributed by atoms with van der Waals surface area (Å²) in [5.74, 6) is -1.44. The van der Waals surface area contributed by atoms with Crippen LogP contribution in [0.4, 0.5) is 5.13 Å². The number of aliphatic hydroxyl groups is 1. The van der Waals surface area contributed by atoms with E-state index in [1.165, 1.54) is 28.0 Å². The molecule has 12 heteroatoms. The molecule has 0 aliphatic carbocycles. The summed E-state index contributed by atoms with van der Waals surface area (Å²) in [4.78, 5) is 33.2. The highest BCUT2D eigenvalue weighted by molar-refractivity contribution is 8.00. The number of carbonyl (C=O) groups excluding carboxylic acids is 2. The number of amides is 1. The van der Waals surface area contributed by atoms with Gasteiger partial charge in [-0.3, -0.25) is 14.5 Å². The molecule has 1 amide bonds. The third kappa shape index (κ3) is 4.98. The smallest absolute Gasteiger partial charge is 0.301 e. The summed E-state index contributed by atoms with van der Waals surface area (Å²) in [6.07, 6.45) is 1.84. The number of pyridine rings is 1. The zero-order chi connectivity index (χ0) is 29.7. The number of halogens is 2. The van der Waals surface area contributed by atoms with Gasteiger partial charge >= 0.3 is 5.91 Å². The molecule has 42 heavy (non-hydrogen) atoms. The van der Waals surface area contributed by atoms with Crippen LogP contribution in [-0.2, 0) is 15.3 Å². The summed E-state index contributed by atoms with van der Waals surface area (Å²) in [6.45, 7) is 5.68. The lowest BCUT2D eigenvalue weighted by Crippen LogP contribution is -2.29. The number of carbonyl (C=O) groups is 2. The fraction of sp³-hybridized carbons (Fsp3) is 0.167. The number of rotatable bonds is 6. The lowest BCUT2D eigenvalue weighted by molar-refractivity contribution is -0.132. The lowest BCUT2D eigenvalue weighted by atomic mass is 9.96. The highest BCUT2D eigenvalue weighted by atomic mass is 35.5. The monoisotopic (exact) mass is 635 g/mol. The average Bonchev–Trinajstić information content (AvgIpc) is 3.64. The van der Waals surface area contributed by atoms with Crippen LogP contribution in [0.15, 0.2) is 70.7 Å². The van der Waals surface area contributed by atoms with E-state index >= 15 is 0 Å². The molecule has 0 spiro atoms. The summed E-state index contributed by atoms with van der Waals surface area (Å²) in [7, 11) is 0. The molecular formula is C30H23Cl2N5O3S2. The second-order valence-electron chi connectivity index (χ2n) is 9.89. The van der Waals surface area contributed by atoms with E-state index in [2.05, 4.69) is 15.2 Å². The van der Waals surface area contributed by atoms with Gasteiger partial charge in [0.25, 0.3) is 5.78 Å². The van der Waals surface area contributed by atoms with Gasteiger partial charge in [-0.1, -0.05) is 88.3 Å². The largest absolute Gasteiger partial charge is 0.505 e. The minimum absolute atomic E-state index is 0.0506. The number of fused-ring (bicyclic) bond motifs is 1. The predicted octanol–water partition coefficient (Wildman–Crippen LogP) is 7.34. The van der Waals surface area contributed by atoms with E-state index in [0.717, 1.165) is 16.7 Å². The van der Waals surface area contributed by atoms with Crippen molar-refractivity contribution in [2.75, 3.05) is 4.90 Å². The Morgan fingerprint density at radius 1 is 1.05 bits per heavy atom. The van der Waals surface area contributed by atoms with E-state index < -0.39 is 17.7 Å². The fourth-order valence-electron chi connectivity index (χ4n) is 4.90. The molecule has 5 aromatic rings. The van der Waals surface area contributed by atoms with Crippen molar-refractivity contribution in [3.63, 3.8) is 0 Å². The summed E-state index contributed by atoms with van der Waals surface area (Å²) in [5.41, 5.74) is 4.95. The van der Waals surface area contributed by atoms with E-state index in [9.17, 15) is 14.7 Å². The van der Waals surface area contributed by atoms with Gasteiger partial charge in [0.1, 0.15) is 11.3 Å². The number of ketones is 1. The van der Waals surface area contributed by atoms with Crippen molar-refractivity contribution >= 4 is 74.5 Å². The van der Waals surface area contributed by atoms with Crippen LogP contribution in [0.3, 0.4) is 0 Å². The first kappa shape index (κ1) is 28.4. The summed E-state index contributed by atoms with van der Waals surface area (Å²) in [6, 6.07) is 15.6. The third-order valence-electron chi connectivity index (χ3n) is 7.11. The number of aromatic nitrogens is 4. The molecule has 1 aliphatic rings. The van der Waals surface area contributed by atoms with E-state index in [4.69, 9.17) is 23.2 Å². The molecule has 1 fully saturated rings. The van der Waals surface area contributed by atoms with Gasteiger partial charge in [-0.25, -0.2) is 4.98 Å². The Bertz CT molecular complexity index is 1920. The Morgan fingerprint density at radius 2 is 1.81 bits per heavy atom. The molecule has 4 heterocycles. The normalized spacial score (nSPS) is 16.6. The number of thioether (sulfide) groups is 1. The zero-order valence-corrected chi connectivity index (χ0v) is 25.8. The quantitative estimate of drug-likeness (QED) is 0.0685. The first-order chi connectivity index (χ1) is 20.1. The second-order valence-corrected chi connectivity index (χ2v) is 12.9. The molecular weight excluding hydrogens is 613 g/mol. The van der Waals surface area contributed by atoms with Crippen LogP contribution in [0, 0.1) is 20.8 Å². The van der Waals surface area contributed by atoms with Gasteiger partial charge in [0.2, 0.25) is 5.13 Å². The number of hydrogen-bond acceptors (Lipinski definition) is 8. The molecule has 3 aromatic heterocycles.